The molecule has 0 spiro atoms. The van der Waals surface area contributed by atoms with E-state index in [0.29, 0.717) is 26.4 Å². The molecule has 2 aliphatic heterocycles. The van der Waals surface area contributed by atoms with E-state index < -0.39 is 0 Å². The van der Waals surface area contributed by atoms with Crippen LogP contribution >= 0.6 is 23.5 Å². The van der Waals surface area contributed by atoms with Gasteiger partial charge in [0.15, 0.2) is 11.0 Å². The highest BCUT2D eigenvalue weighted by Crippen LogP contribution is 2.27. The maximum Gasteiger partial charge on any atom is 0.193 e. The summed E-state index contributed by atoms with van der Waals surface area (Å²) < 4.78 is 11.3. The first-order chi connectivity index (χ1) is 18.7. The van der Waals surface area contributed by atoms with Crippen LogP contribution in [0.15, 0.2) is 92.2 Å². The summed E-state index contributed by atoms with van der Waals surface area (Å²) in [4.78, 5) is 4.05. The number of nitrogens with one attached hydrogen (secondary N) is 2. The molecule has 0 aromatic heterocycles. The molecule has 4 rings (SSSR count). The Kier molecular flexibility index (Phi) is 11.3. The van der Waals surface area contributed by atoms with Crippen molar-refractivity contribution in [1.29, 1.82) is 0 Å². The zero-order valence-corrected chi connectivity index (χ0v) is 23.3. The third-order valence-corrected chi connectivity index (χ3v) is 7.39. The van der Waals surface area contributed by atoms with E-state index in [0.717, 1.165) is 35.8 Å². The van der Waals surface area contributed by atoms with Crippen molar-refractivity contribution in [2.24, 2.45) is 20.5 Å². The molecule has 38 heavy (non-hydrogen) atoms. The van der Waals surface area contributed by atoms with E-state index in [9.17, 15) is 0 Å². The number of rotatable bonds is 15. The van der Waals surface area contributed by atoms with Crippen LogP contribution in [0.1, 0.15) is 0 Å². The first-order valence-corrected chi connectivity index (χ1v) is 14.3. The molecule has 0 fully saturated rings. The lowest BCUT2D eigenvalue weighted by Crippen LogP contribution is -2.16. The Balaban J connectivity index is 0.987. The van der Waals surface area contributed by atoms with Crippen LogP contribution < -0.4 is 10.6 Å². The third kappa shape index (κ3) is 9.35. The summed E-state index contributed by atoms with van der Waals surface area (Å²) in [6.45, 7) is 3.79. The Morgan fingerprint density at radius 2 is 1.08 bits per heavy atom. The minimum atomic E-state index is 0.0209. The van der Waals surface area contributed by atoms with Crippen LogP contribution in [0.5, 0.6) is 0 Å². The zero-order valence-electron chi connectivity index (χ0n) is 21.6. The highest BCUT2D eigenvalue weighted by molar-refractivity contribution is 8.03. The maximum absolute atomic E-state index is 5.65. The summed E-state index contributed by atoms with van der Waals surface area (Å²) in [6, 6.07) is 15.8. The van der Waals surface area contributed by atoms with Crippen LogP contribution in [-0.2, 0) is 9.47 Å². The average Bonchev–Trinajstić information content (AvgIpc) is 3.55. The van der Waals surface area contributed by atoms with Crippen molar-refractivity contribution < 1.29 is 9.47 Å². The third-order valence-electron chi connectivity index (χ3n) is 5.49. The fourth-order valence-corrected chi connectivity index (χ4v) is 4.87. The highest BCUT2D eigenvalue weighted by Gasteiger charge is 2.15. The molecule has 0 saturated carbocycles. The maximum atomic E-state index is 5.65. The largest absolute Gasteiger partial charge is 0.383 e. The monoisotopic (exact) mass is 554 g/mol. The van der Waals surface area contributed by atoms with Gasteiger partial charge in [-0.25, -0.2) is 0 Å². The second-order valence-corrected chi connectivity index (χ2v) is 10.4. The van der Waals surface area contributed by atoms with E-state index >= 15 is 0 Å². The van der Waals surface area contributed by atoms with Crippen LogP contribution in [0.25, 0.3) is 0 Å². The molecule has 2 unspecified atom stereocenters. The van der Waals surface area contributed by atoms with Gasteiger partial charge < -0.3 is 29.9 Å². The van der Waals surface area contributed by atoms with Crippen LogP contribution in [0.4, 0.5) is 22.7 Å². The van der Waals surface area contributed by atoms with Gasteiger partial charge in [-0.1, -0.05) is 23.5 Å². The smallest absolute Gasteiger partial charge is 0.193 e. The van der Waals surface area contributed by atoms with Gasteiger partial charge in [-0.05, 0) is 59.3 Å². The van der Waals surface area contributed by atoms with E-state index in [4.69, 9.17) is 9.47 Å². The highest BCUT2D eigenvalue weighted by atomic mass is 32.2. The summed E-state index contributed by atoms with van der Waals surface area (Å²) in [5, 5.41) is 28.1. The summed E-state index contributed by atoms with van der Waals surface area (Å²) in [5.41, 5.74) is 3.76. The van der Waals surface area contributed by atoms with Gasteiger partial charge in [0.05, 0.1) is 37.8 Å². The van der Waals surface area contributed by atoms with Gasteiger partial charge in [0.1, 0.15) is 0 Å². The second kappa shape index (κ2) is 15.4. The van der Waals surface area contributed by atoms with Crippen molar-refractivity contribution in [1.82, 2.24) is 9.80 Å². The van der Waals surface area contributed by atoms with E-state index in [1.54, 1.807) is 23.5 Å². The van der Waals surface area contributed by atoms with Crippen molar-refractivity contribution in [2.75, 3.05) is 64.2 Å². The second-order valence-electron chi connectivity index (χ2n) is 8.43. The van der Waals surface area contributed by atoms with Gasteiger partial charge in [-0.3, -0.25) is 0 Å². The fourth-order valence-electron chi connectivity index (χ4n) is 3.34. The van der Waals surface area contributed by atoms with Crippen molar-refractivity contribution >= 4 is 46.3 Å². The van der Waals surface area contributed by atoms with Crippen LogP contribution in [-0.4, -0.2) is 74.4 Å². The van der Waals surface area contributed by atoms with Crippen LogP contribution in [0, 0.1) is 0 Å². The molecule has 2 aromatic rings. The first-order valence-electron chi connectivity index (χ1n) is 12.4. The Morgan fingerprint density at radius 3 is 1.45 bits per heavy atom. The van der Waals surface area contributed by atoms with Crippen LogP contribution in [0.2, 0.25) is 0 Å². The standard InChI is InChI=1S/C26H34N8O2S2/c1-33-13-19-37-25(33)31-29-23-7-3-21(4-8-23)27-11-15-35-17-18-36-16-12-28-22-5-9-24(10-6-22)30-32-26-34(2)14-20-38-26/h3-10,13-14,19-20,25-28H,11-12,15-18H2,1-2H3. The molecule has 2 N–H and O–H groups in total. The molecule has 202 valence electrons. The molecule has 10 nitrogen and oxygen atoms in total. The molecule has 0 radical (unpaired) electrons. The van der Waals surface area contributed by atoms with E-state index in [2.05, 4.69) is 31.1 Å². The van der Waals surface area contributed by atoms with Gasteiger partial charge in [-0.2, -0.15) is 20.5 Å². The first kappa shape index (κ1) is 28.0. The minimum Gasteiger partial charge on any atom is -0.383 e. The van der Waals surface area contributed by atoms with Gasteiger partial charge in [-0.15, -0.1) is 0 Å². The van der Waals surface area contributed by atoms with Gasteiger partial charge >= 0.3 is 0 Å². The molecule has 2 aromatic carbocycles. The van der Waals surface area contributed by atoms with Gasteiger partial charge in [0.25, 0.3) is 0 Å². The predicted octanol–water partition coefficient (Wildman–Crippen LogP) is 6.28. The minimum absolute atomic E-state index is 0.0209. The Hall–Kier alpha value is -3.06. The number of anilines is 2. The molecule has 0 saturated heterocycles. The topological polar surface area (TPSA) is 98.4 Å². The molecular formula is C26H34N8O2S2. The lowest BCUT2D eigenvalue weighted by atomic mass is 10.3. The molecule has 12 heteroatoms. The normalized spacial score (nSPS) is 18.9. The van der Waals surface area contributed by atoms with Crippen molar-refractivity contribution in [2.45, 2.75) is 11.0 Å². The molecule has 2 aliphatic rings. The lowest BCUT2D eigenvalue weighted by molar-refractivity contribution is 0.0557. The number of ether oxygens (including phenoxy) is 2. The van der Waals surface area contributed by atoms with Crippen molar-refractivity contribution in [3.63, 3.8) is 0 Å². The summed E-state index contributed by atoms with van der Waals surface area (Å²) >= 11 is 3.28. The molecule has 0 bridgehead atoms. The fraction of sp³-hybridized carbons (Fsp3) is 0.385. The molecule has 0 aliphatic carbocycles. The Labute approximate surface area is 232 Å². The SMILES string of the molecule is CN1C=CSC1N=Nc1ccc(NCCOCCOCCNc2ccc(N=NC3SC=CN3C)cc2)cc1. The lowest BCUT2D eigenvalue weighted by Gasteiger charge is -2.13. The quantitative estimate of drug-likeness (QED) is 0.196. The van der Waals surface area contributed by atoms with E-state index in [1.807, 2.05) is 95.6 Å². The number of nitrogens with zero attached hydrogens (tertiary/aromatic N) is 6. The molecule has 2 heterocycles. The van der Waals surface area contributed by atoms with E-state index in [-0.39, 0.29) is 11.0 Å². The Bertz CT molecular complexity index is 1010. The number of thioether (sulfide) groups is 2. The molecule has 2 atom stereocenters. The average molecular weight is 555 g/mol. The van der Waals surface area contributed by atoms with Crippen LogP contribution in [0.3, 0.4) is 0 Å². The van der Waals surface area contributed by atoms with E-state index in [1.165, 1.54) is 0 Å². The summed E-state index contributed by atoms with van der Waals surface area (Å²) in [7, 11) is 3.98. The summed E-state index contributed by atoms with van der Waals surface area (Å²) in [6.07, 6.45) is 3.99. The Morgan fingerprint density at radius 1 is 0.658 bits per heavy atom. The van der Waals surface area contributed by atoms with Gasteiger partial charge in [0, 0.05) is 51.0 Å². The number of benzene rings is 2. The molecular weight excluding hydrogens is 520 g/mol. The zero-order chi connectivity index (χ0) is 26.4. The number of azo groups is 2. The van der Waals surface area contributed by atoms with Gasteiger partial charge in [0.2, 0.25) is 0 Å². The van der Waals surface area contributed by atoms with Crippen molar-refractivity contribution in [3.05, 3.63) is 71.7 Å². The predicted molar refractivity (Wildman–Crippen MR) is 157 cm³/mol. The molecule has 0 amide bonds. The number of hydrogen-bond donors (Lipinski definition) is 2. The van der Waals surface area contributed by atoms with Crippen molar-refractivity contribution in [3.8, 4) is 0 Å². The summed E-state index contributed by atoms with van der Waals surface area (Å²) in [5.74, 6) is 0. The number of hydrogen-bond acceptors (Lipinski definition) is 12.